The second kappa shape index (κ2) is 65.3. The van der Waals surface area contributed by atoms with E-state index in [2.05, 4.69) is 71.5 Å². The second-order valence-electron chi connectivity index (χ2n) is 30.0. The van der Waals surface area contributed by atoms with Crippen molar-refractivity contribution in [2.45, 2.75) is 90.4 Å². The number of pyridine rings is 7. The molecule has 0 amide bonds. The molecule has 1 aliphatic heterocycles. The van der Waals surface area contributed by atoms with Gasteiger partial charge in [0.15, 0.2) is 28.2 Å². The van der Waals surface area contributed by atoms with Crippen LogP contribution in [0.25, 0.3) is 0 Å². The number of alkyl halides is 1. The van der Waals surface area contributed by atoms with Gasteiger partial charge in [0.1, 0.15) is 125 Å². The number of aliphatic hydroxyl groups excluding tert-OH is 2. The first-order valence-corrected chi connectivity index (χ1v) is 49.7. The average Bonchev–Trinajstić information content (AvgIpc) is 1.49. The molecule has 6 atom stereocenters. The number of aromatic amines is 1. The van der Waals surface area contributed by atoms with E-state index in [1.54, 1.807) is 87.7 Å². The Balaban J connectivity index is 0.000000265. The molecule has 0 radical (unpaired) electrons. The monoisotopic (exact) mass is 2410 g/mol. The Kier molecular flexibility index (Phi) is 54.3. The first-order chi connectivity index (χ1) is 71.7. The fraction of sp³-hybridized carbons (Fsp3) is 0.219. The Labute approximate surface area is 932 Å². The Morgan fingerprint density at radius 3 is 1.32 bits per heavy atom. The van der Waals surface area contributed by atoms with Crippen molar-refractivity contribution in [3.8, 4) is 58.1 Å². The van der Waals surface area contributed by atoms with E-state index < -0.39 is 68.6 Å². The molecule has 7 aromatic heterocycles. The van der Waals surface area contributed by atoms with E-state index in [4.69, 9.17) is 177 Å². The molecule has 44 heteroatoms. The number of hydrogen-bond donors (Lipinski definition) is 4. The molecule has 8 heterocycles. The number of nitrogens with one attached hydrogen (secondary N) is 1. The molecule has 1 fully saturated rings. The van der Waals surface area contributed by atoms with Crippen molar-refractivity contribution in [1.29, 1.82) is 0 Å². The van der Waals surface area contributed by atoms with Crippen LogP contribution in [0.2, 0.25) is 51.4 Å². The van der Waals surface area contributed by atoms with Crippen LogP contribution in [-0.2, 0) is 79.2 Å². The van der Waals surface area contributed by atoms with Crippen molar-refractivity contribution in [1.82, 2.24) is 34.9 Å². The summed E-state index contributed by atoms with van der Waals surface area (Å²) >= 11 is 62.7. The molecule has 149 heavy (non-hydrogen) atoms. The molecular formula is C105H98Br2Cl10FMnN7O23. The summed E-state index contributed by atoms with van der Waals surface area (Å²) in [6.07, 6.45) is -1.56. The summed E-state index contributed by atoms with van der Waals surface area (Å²) in [5, 5.41) is 36.9. The molecular weight excluding hydrogens is 2320 g/mol. The fourth-order valence-corrected chi connectivity index (χ4v) is 16.6. The zero-order valence-corrected chi connectivity index (χ0v) is 92.8. The Bertz CT molecular complexity index is 6720. The van der Waals surface area contributed by atoms with E-state index in [1.807, 2.05) is 164 Å². The van der Waals surface area contributed by atoms with Gasteiger partial charge in [0.05, 0.1) is 80.9 Å². The summed E-state index contributed by atoms with van der Waals surface area (Å²) in [6.45, 7) is 9.70. The molecule has 1 unspecified atom stereocenters. The van der Waals surface area contributed by atoms with Gasteiger partial charge in [-0.1, -0.05) is 324 Å². The van der Waals surface area contributed by atoms with Gasteiger partial charge in [-0.25, -0.2) is 29.9 Å². The van der Waals surface area contributed by atoms with Crippen LogP contribution in [0.15, 0.2) is 275 Å². The molecule has 4 N–H and O–H groups in total. The van der Waals surface area contributed by atoms with Crippen molar-refractivity contribution in [2.75, 3.05) is 56.4 Å². The van der Waals surface area contributed by atoms with Crippen molar-refractivity contribution in [2.24, 2.45) is 5.92 Å². The van der Waals surface area contributed by atoms with Gasteiger partial charge in [-0.3, -0.25) is 33.2 Å². The number of nitrogens with zero attached hydrogens (tertiary/aromatic N) is 6. The number of carbonyl (C=O) groups is 5. The van der Waals surface area contributed by atoms with Crippen molar-refractivity contribution < 1.29 is 124 Å². The summed E-state index contributed by atoms with van der Waals surface area (Å²) in [5.41, 5.74) is 2.86. The third kappa shape index (κ3) is 38.8. The molecule has 2 aliphatic rings. The number of hydrogen-bond acceptors (Lipinski definition) is 29. The Hall–Kier alpha value is -11.9. The fourth-order valence-electron chi connectivity index (χ4n) is 14.0. The molecule has 7 aromatic carbocycles. The first-order valence-electron chi connectivity index (χ1n) is 44.1. The van der Waals surface area contributed by atoms with E-state index in [1.165, 1.54) is 80.6 Å². The van der Waals surface area contributed by atoms with Crippen LogP contribution in [0, 0.1) is 5.92 Å². The molecule has 16 rings (SSSR count). The van der Waals surface area contributed by atoms with Gasteiger partial charge < -0.3 is 77.1 Å². The van der Waals surface area contributed by atoms with Crippen LogP contribution in [0.4, 0.5) is 4.39 Å². The van der Waals surface area contributed by atoms with Gasteiger partial charge in [-0.2, -0.15) is 0 Å². The average molecular weight is 2420 g/mol. The predicted molar refractivity (Wildman–Crippen MR) is 570 cm³/mol. The molecule has 1 aliphatic carbocycles. The van der Waals surface area contributed by atoms with Crippen molar-refractivity contribution in [3.63, 3.8) is 0 Å². The van der Waals surface area contributed by atoms with E-state index in [0.29, 0.717) is 121 Å². The second-order valence-corrected chi connectivity index (χ2v) is 36.0. The molecule has 1 saturated carbocycles. The van der Waals surface area contributed by atoms with Crippen molar-refractivity contribution in [3.05, 3.63) is 393 Å². The number of ketones is 2. The van der Waals surface area contributed by atoms with Gasteiger partial charge in [0, 0.05) is 80.9 Å². The summed E-state index contributed by atoms with van der Waals surface area (Å²) < 4.78 is 98.3. The third-order valence-electron chi connectivity index (χ3n) is 20.1. The van der Waals surface area contributed by atoms with Crippen LogP contribution >= 0.6 is 148 Å². The predicted octanol–water partition coefficient (Wildman–Crippen LogP) is 25.6. The van der Waals surface area contributed by atoms with Gasteiger partial charge >= 0.3 is 34.4 Å². The molecule has 0 bridgehead atoms. The van der Waals surface area contributed by atoms with E-state index in [0.717, 1.165) is 43.6 Å². The number of ether oxygens (including phenoxy) is 12. The topological polar surface area (TPSA) is 401 Å². The van der Waals surface area contributed by atoms with Gasteiger partial charge in [0.2, 0.25) is 29.4 Å². The standard InChI is InChI=1S/C25H21BrClNO6.C15H16ClNO3.C15H14ClNO3.C13H12ClNO2.C12H9Cl2NO.C8H8ClNO3.C7H5BrO.C5H2Cl3N.C4H8O2.CH3F.Mn.2O/c1-32-22-20-16(12-17(27)28-22)34-25(14-8-10-15(26)11-9-14)19(13-6-4-3-5-7-13)18(23(30)33-2)21(29)24(20,25)31;2*1-10(18)14-12(8-13(16)17-15(14)19-2)20-9-11-6-4-3-5-7-11;1-16-13-8-11(7-12(14)15-13)17-9-10-5-3-2-4-6-10;13-11-6-10(7-12(14)15-11)16-8-9-4-2-1-3-5-9;1-4(11)7-5(12)3-6(9)10-8(7)13-2;8-7-3-1-6(5-9)2-4-7;6-3-1-4(7)9-5(8)2-3;1-3-6-4(2)5;1-2;;;/h3-12,18-19,21,29,31H,1-2H3;3-8,10,18H,9H2,1-2H3;3-8H,9H2,1-2H3;2-8H,9H2,1H3;1-7H,8H2;3H,1-2H3,(H,10,12);1-5H;1-2H;3H2,1-2H3;1H3;;;/t18-,19-,21-,24+,25+;;;;;;;;;;;;/m1............/s1/i;;;;;;;;;1D;;;. The molecule has 14 aromatic rings. The SMILES string of the molecule is CCOC(C)=O.COC(=O)[C@H]1[C@@H](O)[C@@]2(O)c3c(cc(Cl)nc3OC)O[C@@]2(c2ccc(Br)cc2)[C@@H]1c1ccccc1.COc1[nH]c(Cl)cc(=O)c1C(C)=O.COc1cc(OCc2ccccc2)cc(Cl)n1.COc1nc(Cl)cc(OCc2ccccc2)c1C(C)=O.COc1nc(Cl)cc(OCc2ccccc2)c1C(C)O.Clc1cc(Cl)nc(Cl)c1.Clc1cc(OCc2ccccc2)cc(Cl)n1.O=Cc1ccc(Br)cc1.[2H]CF.[O]=[Mn]=[O]. The van der Waals surface area contributed by atoms with Gasteiger partial charge in [-0.05, 0) is 97.5 Å². The maximum atomic E-state index is 13.1. The quantitative estimate of drug-likeness (QED) is 0.0136. The zero-order valence-electron chi connectivity index (χ0n) is 81.9. The number of carbonyl (C=O) groups excluding carboxylic acids is 5. The van der Waals surface area contributed by atoms with Crippen LogP contribution in [-0.4, -0.2) is 143 Å². The number of aliphatic hydroxyl groups is 3. The summed E-state index contributed by atoms with van der Waals surface area (Å²) in [6, 6.07) is 78.1. The summed E-state index contributed by atoms with van der Waals surface area (Å²) in [5.74, 6) is -0.0978. The van der Waals surface area contributed by atoms with E-state index in [-0.39, 0.29) is 78.5 Å². The molecule has 30 nitrogen and oxygen atoms in total. The Morgan fingerprint density at radius 1 is 0.517 bits per heavy atom. The minimum absolute atomic E-state index is 0.000337. The number of esters is 2. The molecule has 789 valence electrons. The third-order valence-corrected chi connectivity index (χ3v) is 23.1. The van der Waals surface area contributed by atoms with E-state index in [9.17, 15) is 48.5 Å². The van der Waals surface area contributed by atoms with Crippen LogP contribution < -0.4 is 52.8 Å². The molecule has 0 saturated heterocycles. The number of Topliss-reactive ketones (excluding diaryl/α,β-unsaturated/α-hetero) is 2. The maximum absolute atomic E-state index is 13.1. The first kappa shape index (κ1) is 124. The minimum atomic E-state index is -2.13. The normalized spacial score (nSPS) is 14.4. The number of methoxy groups -OCH3 is 6. The Morgan fingerprint density at radius 2 is 0.913 bits per heavy atom. The van der Waals surface area contributed by atoms with Gasteiger partial charge in [0.25, 0.3) is 0 Å². The van der Waals surface area contributed by atoms with Crippen LogP contribution in [0.5, 0.6) is 58.1 Å². The number of H-pyrrole nitrogens is 1. The number of halogens is 13. The van der Waals surface area contributed by atoms with Gasteiger partial charge in [-0.15, -0.1) is 0 Å². The van der Waals surface area contributed by atoms with E-state index >= 15 is 0 Å². The number of fused-ring (bicyclic) bond motifs is 3. The molecule has 0 spiro atoms. The van der Waals surface area contributed by atoms with Crippen LogP contribution in [0.1, 0.15) is 124 Å². The van der Waals surface area contributed by atoms with Crippen LogP contribution in [0.3, 0.4) is 0 Å². The van der Waals surface area contributed by atoms with Crippen molar-refractivity contribution >= 4 is 178 Å². The number of benzene rings is 7. The number of rotatable bonds is 25. The number of aldehydes is 1. The zero-order chi connectivity index (χ0) is 111. The summed E-state index contributed by atoms with van der Waals surface area (Å²) in [4.78, 5) is 93.3. The summed E-state index contributed by atoms with van der Waals surface area (Å²) in [7, 11) is 7.44. The number of aromatic nitrogens is 7.